The maximum Gasteiger partial charge on any atom is 0.340 e. The Morgan fingerprint density at radius 1 is 1.39 bits per heavy atom. The summed E-state index contributed by atoms with van der Waals surface area (Å²) in [5.74, 6) is -0.555. The van der Waals surface area contributed by atoms with Crippen molar-refractivity contribution in [2.45, 2.75) is 13.8 Å². The van der Waals surface area contributed by atoms with Gasteiger partial charge in [-0.1, -0.05) is 0 Å². The number of hydrogen-bond donors (Lipinski definition) is 1. The third-order valence-corrected chi connectivity index (χ3v) is 2.79. The summed E-state index contributed by atoms with van der Waals surface area (Å²) in [4.78, 5) is 27.7. The number of pyridine rings is 2. The van der Waals surface area contributed by atoms with Crippen LogP contribution in [0.25, 0.3) is 10.8 Å². The Labute approximate surface area is 102 Å². The molecule has 2 aromatic heterocycles. The van der Waals surface area contributed by atoms with E-state index in [0.717, 1.165) is 0 Å². The van der Waals surface area contributed by atoms with Crippen LogP contribution in [0.15, 0.2) is 17.1 Å². The lowest BCUT2D eigenvalue weighted by Crippen LogP contribution is -2.20. The molecule has 0 fully saturated rings. The maximum absolute atomic E-state index is 11.8. The van der Waals surface area contributed by atoms with E-state index in [1.54, 1.807) is 13.8 Å². The summed E-state index contributed by atoms with van der Waals surface area (Å²) in [7, 11) is 1.26. The van der Waals surface area contributed by atoms with Crippen molar-refractivity contribution in [2.24, 2.45) is 0 Å². The number of ether oxygens (including phenoxy) is 1. The number of aryl methyl sites for hydroxylation is 2. The van der Waals surface area contributed by atoms with E-state index in [1.165, 1.54) is 19.4 Å². The van der Waals surface area contributed by atoms with Crippen LogP contribution in [-0.4, -0.2) is 28.0 Å². The predicted molar refractivity (Wildman–Crippen MR) is 64.0 cm³/mol. The number of aromatic nitrogens is 2. The zero-order valence-corrected chi connectivity index (χ0v) is 10.2. The first-order chi connectivity index (χ1) is 8.47. The van der Waals surface area contributed by atoms with Gasteiger partial charge in [-0.15, -0.1) is 0 Å². The molecule has 0 aliphatic carbocycles. The fourth-order valence-corrected chi connectivity index (χ4v) is 2.00. The van der Waals surface area contributed by atoms with Crippen LogP contribution < -0.4 is 5.56 Å². The molecule has 0 aromatic carbocycles. The van der Waals surface area contributed by atoms with E-state index >= 15 is 0 Å². The summed E-state index contributed by atoms with van der Waals surface area (Å²) in [6.07, 6.45) is 1.19. The Bertz CT molecular complexity index is 703. The van der Waals surface area contributed by atoms with Gasteiger partial charge in [-0.25, -0.2) is 4.79 Å². The van der Waals surface area contributed by atoms with E-state index in [9.17, 15) is 14.8 Å². The summed E-state index contributed by atoms with van der Waals surface area (Å²) in [6.45, 7) is 3.32. The molecule has 18 heavy (non-hydrogen) atoms. The van der Waals surface area contributed by atoms with Crippen LogP contribution in [0.4, 0.5) is 0 Å². The van der Waals surface area contributed by atoms with Gasteiger partial charge in [-0.2, -0.15) is 4.73 Å². The molecule has 6 heteroatoms. The normalized spacial score (nSPS) is 10.6. The van der Waals surface area contributed by atoms with Crippen molar-refractivity contribution in [3.05, 3.63) is 39.6 Å². The molecular formula is C12H12N2O4. The fraction of sp³-hybridized carbons (Fsp3) is 0.250. The lowest BCUT2D eigenvalue weighted by atomic mass is 10.0. The van der Waals surface area contributed by atoms with E-state index in [2.05, 4.69) is 9.72 Å². The summed E-state index contributed by atoms with van der Waals surface area (Å²) in [5.41, 5.74) is 0.587. The largest absolute Gasteiger partial charge is 0.465 e. The van der Waals surface area contributed by atoms with Crippen LogP contribution in [0.2, 0.25) is 0 Å². The Morgan fingerprint density at radius 2 is 2.06 bits per heavy atom. The molecule has 94 valence electrons. The molecule has 0 aliphatic heterocycles. The van der Waals surface area contributed by atoms with E-state index in [1.807, 2.05) is 0 Å². The van der Waals surface area contributed by atoms with Crippen LogP contribution in [0.1, 0.15) is 21.7 Å². The van der Waals surface area contributed by atoms with Crippen LogP contribution in [0.5, 0.6) is 0 Å². The number of fused-ring (bicyclic) bond motifs is 1. The number of methoxy groups -OCH3 is 1. The quantitative estimate of drug-likeness (QED) is 0.602. The number of rotatable bonds is 1. The lowest BCUT2D eigenvalue weighted by molar-refractivity contribution is 0.0601. The number of carbonyl (C=O) groups is 1. The van der Waals surface area contributed by atoms with Crippen LogP contribution in [-0.2, 0) is 4.74 Å². The third-order valence-electron chi connectivity index (χ3n) is 2.79. The van der Waals surface area contributed by atoms with E-state index in [0.29, 0.717) is 21.5 Å². The third kappa shape index (κ3) is 1.62. The Morgan fingerprint density at radius 3 is 2.67 bits per heavy atom. The van der Waals surface area contributed by atoms with Gasteiger partial charge in [0.25, 0.3) is 5.56 Å². The first-order valence-corrected chi connectivity index (χ1v) is 5.27. The molecule has 0 bridgehead atoms. The molecule has 2 aromatic rings. The monoisotopic (exact) mass is 248 g/mol. The number of nitrogens with zero attached hydrogens (tertiary/aromatic N) is 2. The van der Waals surface area contributed by atoms with Crippen LogP contribution in [0, 0.1) is 13.8 Å². The summed E-state index contributed by atoms with van der Waals surface area (Å²) < 4.78 is 5.15. The molecule has 6 nitrogen and oxygen atoms in total. The van der Waals surface area contributed by atoms with Crippen molar-refractivity contribution in [1.29, 1.82) is 0 Å². The van der Waals surface area contributed by atoms with Crippen molar-refractivity contribution in [2.75, 3.05) is 7.11 Å². The molecule has 0 saturated carbocycles. The maximum atomic E-state index is 11.8. The average Bonchev–Trinajstić information content (AvgIpc) is 2.32. The molecule has 0 atom stereocenters. The predicted octanol–water partition coefficient (Wildman–Crippen LogP) is 1.04. The van der Waals surface area contributed by atoms with Gasteiger partial charge in [0.15, 0.2) is 0 Å². The molecule has 1 N–H and O–H groups in total. The van der Waals surface area contributed by atoms with Crippen molar-refractivity contribution in [3.63, 3.8) is 0 Å². The summed E-state index contributed by atoms with van der Waals surface area (Å²) in [6, 6.07) is 1.49. The van der Waals surface area contributed by atoms with E-state index in [4.69, 9.17) is 0 Å². The van der Waals surface area contributed by atoms with Gasteiger partial charge < -0.3 is 9.94 Å². The molecular weight excluding hydrogens is 236 g/mol. The second-order valence-corrected chi connectivity index (χ2v) is 3.90. The van der Waals surface area contributed by atoms with Gasteiger partial charge in [-0.3, -0.25) is 9.78 Å². The fourth-order valence-electron chi connectivity index (χ4n) is 2.00. The smallest absolute Gasteiger partial charge is 0.340 e. The minimum absolute atomic E-state index is 0.214. The SMILES string of the molecule is COC(=O)c1c(C)nc(C)c2c(=O)n(O)ccc12. The second kappa shape index (κ2) is 4.14. The van der Waals surface area contributed by atoms with Crippen molar-refractivity contribution < 1.29 is 14.7 Å². The van der Waals surface area contributed by atoms with Crippen molar-refractivity contribution in [1.82, 2.24) is 9.71 Å². The van der Waals surface area contributed by atoms with Gasteiger partial charge in [0.2, 0.25) is 0 Å². The highest BCUT2D eigenvalue weighted by atomic mass is 16.5. The van der Waals surface area contributed by atoms with E-state index in [-0.39, 0.29) is 10.9 Å². The Kier molecular flexibility index (Phi) is 2.78. The van der Waals surface area contributed by atoms with E-state index < -0.39 is 11.5 Å². The molecule has 0 aliphatic rings. The first kappa shape index (κ1) is 12.1. The number of carbonyl (C=O) groups excluding carboxylic acids is 1. The molecule has 0 spiro atoms. The highest BCUT2D eigenvalue weighted by molar-refractivity contribution is 6.05. The molecule has 0 amide bonds. The minimum Gasteiger partial charge on any atom is -0.465 e. The molecule has 2 heterocycles. The highest BCUT2D eigenvalue weighted by Gasteiger charge is 2.19. The number of esters is 1. The van der Waals surface area contributed by atoms with Gasteiger partial charge in [0.05, 0.1) is 29.4 Å². The van der Waals surface area contributed by atoms with Crippen LogP contribution in [0.3, 0.4) is 0 Å². The molecule has 0 saturated heterocycles. The summed E-state index contributed by atoms with van der Waals surface area (Å²) >= 11 is 0. The Balaban J connectivity index is 3.01. The van der Waals surface area contributed by atoms with Gasteiger partial charge >= 0.3 is 5.97 Å². The Hall–Kier alpha value is -2.37. The lowest BCUT2D eigenvalue weighted by Gasteiger charge is -2.10. The molecule has 2 rings (SSSR count). The zero-order valence-electron chi connectivity index (χ0n) is 10.2. The van der Waals surface area contributed by atoms with Crippen molar-refractivity contribution >= 4 is 16.7 Å². The van der Waals surface area contributed by atoms with Gasteiger partial charge in [-0.05, 0) is 19.9 Å². The zero-order chi connectivity index (χ0) is 13.4. The van der Waals surface area contributed by atoms with Crippen molar-refractivity contribution in [3.8, 4) is 0 Å². The molecule has 0 radical (unpaired) electrons. The summed E-state index contributed by atoms with van der Waals surface area (Å²) in [5, 5.41) is 10.0. The second-order valence-electron chi connectivity index (χ2n) is 3.90. The topological polar surface area (TPSA) is 81.4 Å². The van der Waals surface area contributed by atoms with Gasteiger partial charge in [0.1, 0.15) is 0 Å². The molecule has 0 unspecified atom stereocenters. The average molecular weight is 248 g/mol. The van der Waals surface area contributed by atoms with Gasteiger partial charge in [0, 0.05) is 11.6 Å². The highest BCUT2D eigenvalue weighted by Crippen LogP contribution is 2.21. The minimum atomic E-state index is -0.609. The first-order valence-electron chi connectivity index (χ1n) is 5.27. The standard InChI is InChI=1S/C12H12N2O4/c1-6-9-8(4-5-14(17)11(9)15)10(7(2)13-6)12(16)18-3/h4-5,17H,1-3H3. The van der Waals surface area contributed by atoms with Crippen LogP contribution >= 0.6 is 0 Å². The number of hydrogen-bond acceptors (Lipinski definition) is 5.